The van der Waals surface area contributed by atoms with Crippen molar-refractivity contribution in [1.82, 2.24) is 0 Å². The predicted molar refractivity (Wildman–Crippen MR) is 67.7 cm³/mol. The average Bonchev–Trinajstić information content (AvgIpc) is 2.31. The van der Waals surface area contributed by atoms with Gasteiger partial charge in [-0.25, -0.2) is 0 Å². The molecule has 0 saturated carbocycles. The highest BCUT2D eigenvalue weighted by Crippen LogP contribution is 2.26. The van der Waals surface area contributed by atoms with Crippen molar-refractivity contribution in [3.05, 3.63) is 33.4 Å². The number of hydrogen-bond donors (Lipinski definition) is 1. The molecule has 1 rings (SSSR count). The van der Waals surface area contributed by atoms with Gasteiger partial charge in [0.1, 0.15) is 6.10 Å². The molecule has 98 valence electrons. The minimum absolute atomic E-state index is 0.0165. The molecule has 0 heterocycles. The van der Waals surface area contributed by atoms with Crippen LogP contribution < -0.4 is 5.32 Å². The highest BCUT2D eigenvalue weighted by Gasteiger charge is 2.16. The van der Waals surface area contributed by atoms with Crippen molar-refractivity contribution < 1.29 is 14.5 Å². The van der Waals surface area contributed by atoms with E-state index in [1.807, 2.05) is 0 Å². The largest absolute Gasteiger partial charge is 0.372 e. The average molecular weight is 252 g/mol. The maximum Gasteiger partial charge on any atom is 0.270 e. The lowest BCUT2D eigenvalue weighted by Crippen LogP contribution is -2.27. The molecule has 1 aromatic rings. The first-order valence-electron chi connectivity index (χ1n) is 5.46. The van der Waals surface area contributed by atoms with Crippen molar-refractivity contribution in [2.75, 3.05) is 12.4 Å². The zero-order valence-corrected chi connectivity index (χ0v) is 10.8. The molecule has 6 heteroatoms. The predicted octanol–water partition coefficient (Wildman–Crippen LogP) is 2.19. The maximum absolute atomic E-state index is 11.7. The Hall–Kier alpha value is -1.95. The van der Waals surface area contributed by atoms with Crippen molar-refractivity contribution in [2.24, 2.45) is 0 Å². The van der Waals surface area contributed by atoms with E-state index in [-0.39, 0.29) is 11.6 Å². The smallest absolute Gasteiger partial charge is 0.270 e. The van der Waals surface area contributed by atoms with E-state index in [1.54, 1.807) is 20.8 Å². The third-order valence-corrected chi connectivity index (χ3v) is 2.70. The van der Waals surface area contributed by atoms with Gasteiger partial charge in [-0.1, -0.05) is 0 Å². The number of anilines is 1. The topological polar surface area (TPSA) is 81.5 Å². The Kier molecular flexibility index (Phi) is 4.38. The van der Waals surface area contributed by atoms with Crippen molar-refractivity contribution in [2.45, 2.75) is 26.9 Å². The van der Waals surface area contributed by atoms with Gasteiger partial charge in [0.05, 0.1) is 4.92 Å². The highest BCUT2D eigenvalue weighted by atomic mass is 16.6. The third-order valence-electron chi connectivity index (χ3n) is 2.70. The summed E-state index contributed by atoms with van der Waals surface area (Å²) in [6.45, 7) is 5.06. The standard InChI is InChI=1S/C12H16N2O4/c1-7-5-10(14(16)17)6-8(2)11(7)13-12(15)9(3)18-4/h5-6,9H,1-4H3,(H,13,15). The zero-order chi connectivity index (χ0) is 13.9. The number of aryl methyl sites for hydroxylation is 2. The molecule has 0 fully saturated rings. The Morgan fingerprint density at radius 1 is 1.39 bits per heavy atom. The first-order chi connectivity index (χ1) is 8.36. The van der Waals surface area contributed by atoms with Crippen LogP contribution in [0.2, 0.25) is 0 Å². The van der Waals surface area contributed by atoms with Crippen molar-refractivity contribution in [3.8, 4) is 0 Å². The summed E-state index contributed by atoms with van der Waals surface area (Å²) in [5.41, 5.74) is 1.91. The van der Waals surface area contributed by atoms with Crippen LogP contribution in [0, 0.1) is 24.0 Å². The van der Waals surface area contributed by atoms with E-state index in [0.717, 1.165) is 0 Å². The Bertz CT molecular complexity index is 462. The van der Waals surface area contributed by atoms with Crippen molar-refractivity contribution >= 4 is 17.3 Å². The summed E-state index contributed by atoms with van der Waals surface area (Å²) in [6.07, 6.45) is -0.570. The van der Waals surface area contributed by atoms with Crippen LogP contribution in [-0.4, -0.2) is 24.0 Å². The number of amides is 1. The molecule has 18 heavy (non-hydrogen) atoms. The molecule has 0 aliphatic carbocycles. The summed E-state index contributed by atoms with van der Waals surface area (Å²) in [6, 6.07) is 2.86. The van der Waals surface area contributed by atoms with Gasteiger partial charge in [0.25, 0.3) is 11.6 Å². The number of methoxy groups -OCH3 is 1. The summed E-state index contributed by atoms with van der Waals surface area (Å²) < 4.78 is 4.91. The number of nitrogens with zero attached hydrogens (tertiary/aromatic N) is 1. The molecule has 0 bridgehead atoms. The summed E-state index contributed by atoms with van der Waals surface area (Å²) in [7, 11) is 1.44. The second-order valence-corrected chi connectivity index (χ2v) is 4.08. The molecule has 0 spiro atoms. The zero-order valence-electron chi connectivity index (χ0n) is 10.8. The molecule has 1 unspecified atom stereocenters. The lowest BCUT2D eigenvalue weighted by atomic mass is 10.1. The van der Waals surface area contributed by atoms with Gasteiger partial charge < -0.3 is 10.1 Å². The van der Waals surface area contributed by atoms with E-state index in [2.05, 4.69) is 5.32 Å². The molecular weight excluding hydrogens is 236 g/mol. The van der Waals surface area contributed by atoms with Crippen molar-refractivity contribution in [3.63, 3.8) is 0 Å². The van der Waals surface area contributed by atoms with Gasteiger partial charge in [0, 0.05) is 24.9 Å². The van der Waals surface area contributed by atoms with Crippen LogP contribution in [0.15, 0.2) is 12.1 Å². The van der Waals surface area contributed by atoms with Crippen LogP contribution in [0.25, 0.3) is 0 Å². The van der Waals surface area contributed by atoms with Gasteiger partial charge in [0.2, 0.25) is 0 Å². The van der Waals surface area contributed by atoms with Gasteiger partial charge in [-0.2, -0.15) is 0 Å². The fourth-order valence-corrected chi connectivity index (χ4v) is 1.58. The number of rotatable bonds is 4. The number of nitro benzene ring substituents is 1. The van der Waals surface area contributed by atoms with Gasteiger partial charge in [0.15, 0.2) is 0 Å². The molecule has 1 aromatic carbocycles. The van der Waals surface area contributed by atoms with E-state index in [4.69, 9.17) is 4.74 Å². The number of carbonyl (C=O) groups excluding carboxylic acids is 1. The molecule has 6 nitrogen and oxygen atoms in total. The Morgan fingerprint density at radius 3 is 2.28 bits per heavy atom. The SMILES string of the molecule is COC(C)C(=O)Nc1c(C)cc([N+](=O)[O-])cc1C. The molecule has 0 radical (unpaired) electrons. The first-order valence-corrected chi connectivity index (χ1v) is 5.46. The molecule has 0 aromatic heterocycles. The minimum Gasteiger partial charge on any atom is -0.372 e. The van der Waals surface area contributed by atoms with Crippen LogP contribution in [0.5, 0.6) is 0 Å². The quantitative estimate of drug-likeness (QED) is 0.657. The fourth-order valence-electron chi connectivity index (χ4n) is 1.58. The lowest BCUT2D eigenvalue weighted by Gasteiger charge is -2.14. The number of nitro groups is 1. The van der Waals surface area contributed by atoms with Gasteiger partial charge in [-0.3, -0.25) is 14.9 Å². The van der Waals surface area contributed by atoms with E-state index < -0.39 is 11.0 Å². The van der Waals surface area contributed by atoms with Crippen LogP contribution in [0.1, 0.15) is 18.1 Å². The highest BCUT2D eigenvalue weighted by molar-refractivity contribution is 5.95. The van der Waals surface area contributed by atoms with Crippen LogP contribution in [-0.2, 0) is 9.53 Å². The second-order valence-electron chi connectivity index (χ2n) is 4.08. The molecule has 0 aliphatic heterocycles. The summed E-state index contributed by atoms with van der Waals surface area (Å²) in [4.78, 5) is 21.9. The Morgan fingerprint density at radius 2 is 1.89 bits per heavy atom. The van der Waals surface area contributed by atoms with Crippen LogP contribution in [0.3, 0.4) is 0 Å². The van der Waals surface area contributed by atoms with Crippen molar-refractivity contribution in [1.29, 1.82) is 0 Å². The maximum atomic E-state index is 11.7. The Balaban J connectivity index is 3.04. The van der Waals surface area contributed by atoms with Gasteiger partial charge in [-0.15, -0.1) is 0 Å². The fraction of sp³-hybridized carbons (Fsp3) is 0.417. The van der Waals surface area contributed by atoms with Gasteiger partial charge in [-0.05, 0) is 31.9 Å². The van der Waals surface area contributed by atoms with Gasteiger partial charge >= 0.3 is 0 Å². The third kappa shape index (κ3) is 3.04. The first kappa shape index (κ1) is 14.1. The second kappa shape index (κ2) is 5.59. The minimum atomic E-state index is -0.570. The normalized spacial score (nSPS) is 12.0. The summed E-state index contributed by atoms with van der Waals surface area (Å²) in [5.74, 6) is -0.280. The van der Waals surface area contributed by atoms with E-state index >= 15 is 0 Å². The molecule has 0 aliphatic rings. The number of non-ortho nitro benzene ring substituents is 1. The summed E-state index contributed by atoms with van der Waals surface area (Å²) >= 11 is 0. The molecule has 1 atom stereocenters. The summed E-state index contributed by atoms with van der Waals surface area (Å²) in [5, 5.41) is 13.4. The molecule has 1 amide bonds. The van der Waals surface area contributed by atoms with E-state index in [9.17, 15) is 14.9 Å². The molecule has 0 saturated heterocycles. The number of benzene rings is 1. The molecular formula is C12H16N2O4. The number of ether oxygens (including phenoxy) is 1. The lowest BCUT2D eigenvalue weighted by molar-refractivity contribution is -0.384. The number of hydrogen-bond acceptors (Lipinski definition) is 4. The number of nitrogens with one attached hydrogen (secondary N) is 1. The number of carbonyl (C=O) groups is 1. The molecule has 1 N–H and O–H groups in total. The van der Waals surface area contributed by atoms with E-state index in [1.165, 1.54) is 19.2 Å². The van der Waals surface area contributed by atoms with Crippen LogP contribution in [0.4, 0.5) is 11.4 Å². The van der Waals surface area contributed by atoms with Crippen LogP contribution >= 0.6 is 0 Å². The van der Waals surface area contributed by atoms with E-state index in [0.29, 0.717) is 16.8 Å². The Labute approximate surface area is 105 Å². The monoisotopic (exact) mass is 252 g/mol.